The zero-order valence-corrected chi connectivity index (χ0v) is 13.1. The SMILES string of the molecule is COc1ccc2oc(=O)cc(C3CC(=O)Oc4n[nH]c(C)c43)c2c1. The molecule has 7 heteroatoms. The Kier molecular flexibility index (Phi) is 3.16. The van der Waals surface area contributed by atoms with Gasteiger partial charge < -0.3 is 13.9 Å². The summed E-state index contributed by atoms with van der Waals surface area (Å²) in [6.07, 6.45) is 0.128. The van der Waals surface area contributed by atoms with Gasteiger partial charge in [-0.25, -0.2) is 4.79 Å². The monoisotopic (exact) mass is 326 g/mol. The maximum absolute atomic E-state index is 12.0. The van der Waals surface area contributed by atoms with Gasteiger partial charge >= 0.3 is 11.6 Å². The van der Waals surface area contributed by atoms with E-state index in [9.17, 15) is 9.59 Å². The molecule has 0 aliphatic carbocycles. The van der Waals surface area contributed by atoms with Crippen LogP contribution in [0.25, 0.3) is 11.0 Å². The van der Waals surface area contributed by atoms with Gasteiger partial charge in [0, 0.05) is 28.6 Å². The summed E-state index contributed by atoms with van der Waals surface area (Å²) in [5, 5.41) is 7.58. The third-order valence-corrected chi connectivity index (χ3v) is 4.25. The minimum absolute atomic E-state index is 0.128. The van der Waals surface area contributed by atoms with Crippen molar-refractivity contribution in [3.8, 4) is 11.6 Å². The minimum atomic E-state index is -0.468. The van der Waals surface area contributed by atoms with E-state index in [4.69, 9.17) is 13.9 Å². The molecule has 1 N–H and O–H groups in total. The molecule has 3 heterocycles. The van der Waals surface area contributed by atoms with Crippen molar-refractivity contribution in [1.29, 1.82) is 0 Å². The molecule has 7 nitrogen and oxygen atoms in total. The number of ether oxygens (including phenoxy) is 2. The van der Waals surface area contributed by atoms with Crippen molar-refractivity contribution in [2.45, 2.75) is 19.3 Å². The van der Waals surface area contributed by atoms with Gasteiger partial charge in [-0.2, -0.15) is 0 Å². The summed E-state index contributed by atoms with van der Waals surface area (Å²) in [5.74, 6) is 0.181. The first kappa shape index (κ1) is 14.5. The van der Waals surface area contributed by atoms with Crippen LogP contribution in [0, 0.1) is 6.92 Å². The summed E-state index contributed by atoms with van der Waals surface area (Å²) in [7, 11) is 1.57. The van der Waals surface area contributed by atoms with E-state index in [2.05, 4.69) is 10.2 Å². The summed E-state index contributed by atoms with van der Waals surface area (Å²) in [5.41, 5.74) is 2.25. The molecule has 1 aliphatic rings. The van der Waals surface area contributed by atoms with Crippen LogP contribution in [0.4, 0.5) is 0 Å². The Bertz CT molecular complexity index is 1020. The second-order valence-electron chi connectivity index (χ2n) is 5.68. The van der Waals surface area contributed by atoms with Crippen LogP contribution in [0.2, 0.25) is 0 Å². The molecule has 1 atom stereocenters. The highest BCUT2D eigenvalue weighted by Gasteiger charge is 2.33. The van der Waals surface area contributed by atoms with Crippen LogP contribution < -0.4 is 15.1 Å². The maximum atomic E-state index is 12.0. The highest BCUT2D eigenvalue weighted by Crippen LogP contribution is 2.41. The van der Waals surface area contributed by atoms with Gasteiger partial charge in [0.15, 0.2) is 0 Å². The number of benzene rings is 1. The number of fused-ring (bicyclic) bond motifs is 2. The van der Waals surface area contributed by atoms with Gasteiger partial charge in [0.05, 0.1) is 13.5 Å². The van der Waals surface area contributed by atoms with Gasteiger partial charge in [0.2, 0.25) is 5.88 Å². The third kappa shape index (κ3) is 2.17. The Labute approximate surface area is 136 Å². The molecule has 0 saturated heterocycles. The molecule has 4 rings (SSSR count). The summed E-state index contributed by atoms with van der Waals surface area (Å²) < 4.78 is 15.7. The molecule has 1 aliphatic heterocycles. The number of carbonyl (C=O) groups excluding carboxylic acids is 1. The number of hydrogen-bond donors (Lipinski definition) is 1. The van der Waals surface area contributed by atoms with E-state index < -0.39 is 5.63 Å². The van der Waals surface area contributed by atoms with E-state index in [1.165, 1.54) is 6.07 Å². The van der Waals surface area contributed by atoms with Crippen LogP contribution in [0.5, 0.6) is 11.6 Å². The molecule has 0 radical (unpaired) electrons. The fourth-order valence-corrected chi connectivity index (χ4v) is 3.17. The number of carbonyl (C=O) groups is 1. The third-order valence-electron chi connectivity index (χ3n) is 4.25. The number of H-pyrrole nitrogens is 1. The van der Waals surface area contributed by atoms with Gasteiger partial charge in [-0.1, -0.05) is 0 Å². The Morgan fingerprint density at radius 1 is 1.29 bits per heavy atom. The first-order chi connectivity index (χ1) is 11.6. The zero-order valence-electron chi connectivity index (χ0n) is 13.1. The molecule has 122 valence electrons. The number of hydrogen-bond acceptors (Lipinski definition) is 6. The molecular formula is C17H14N2O5. The van der Waals surface area contributed by atoms with E-state index in [1.807, 2.05) is 6.92 Å². The van der Waals surface area contributed by atoms with Gasteiger partial charge in [0.25, 0.3) is 0 Å². The molecule has 1 unspecified atom stereocenters. The summed E-state index contributed by atoms with van der Waals surface area (Å²) in [6.45, 7) is 1.85. The van der Waals surface area contributed by atoms with Crippen LogP contribution in [0.1, 0.15) is 29.2 Å². The lowest BCUT2D eigenvalue weighted by atomic mass is 9.85. The van der Waals surface area contributed by atoms with Gasteiger partial charge in [-0.3, -0.25) is 9.89 Å². The smallest absolute Gasteiger partial charge is 0.336 e. The lowest BCUT2D eigenvalue weighted by Gasteiger charge is -2.22. The molecular weight excluding hydrogens is 312 g/mol. The molecule has 2 aromatic heterocycles. The number of aryl methyl sites for hydroxylation is 1. The maximum Gasteiger partial charge on any atom is 0.336 e. The van der Waals surface area contributed by atoms with Crippen molar-refractivity contribution in [3.63, 3.8) is 0 Å². The van der Waals surface area contributed by atoms with Gasteiger partial charge in [-0.15, -0.1) is 5.10 Å². The van der Waals surface area contributed by atoms with Gasteiger partial charge in [0.1, 0.15) is 11.3 Å². The summed E-state index contributed by atoms with van der Waals surface area (Å²) in [6, 6.07) is 6.62. The van der Waals surface area contributed by atoms with E-state index in [0.717, 1.165) is 16.6 Å². The average molecular weight is 326 g/mol. The number of aromatic amines is 1. The van der Waals surface area contributed by atoms with Crippen molar-refractivity contribution in [3.05, 3.63) is 51.5 Å². The number of rotatable bonds is 2. The van der Waals surface area contributed by atoms with Crippen molar-refractivity contribution >= 4 is 16.9 Å². The molecule has 0 fully saturated rings. The second-order valence-corrected chi connectivity index (χ2v) is 5.68. The van der Waals surface area contributed by atoms with Crippen molar-refractivity contribution in [1.82, 2.24) is 10.2 Å². The predicted octanol–water partition coefficient (Wildman–Crippen LogP) is 2.27. The van der Waals surface area contributed by atoms with Crippen LogP contribution in [-0.4, -0.2) is 23.3 Å². The van der Waals surface area contributed by atoms with Crippen molar-refractivity contribution in [2.24, 2.45) is 0 Å². The normalized spacial score (nSPS) is 16.8. The average Bonchev–Trinajstić information content (AvgIpc) is 2.94. The lowest BCUT2D eigenvalue weighted by molar-refractivity contribution is -0.135. The molecule has 0 bridgehead atoms. The van der Waals surface area contributed by atoms with E-state index in [0.29, 0.717) is 16.9 Å². The van der Waals surface area contributed by atoms with E-state index >= 15 is 0 Å². The molecule has 1 aromatic carbocycles. The number of methoxy groups -OCH3 is 1. The van der Waals surface area contributed by atoms with Crippen molar-refractivity contribution < 1.29 is 18.7 Å². The molecule has 3 aromatic rings. The largest absolute Gasteiger partial charge is 0.497 e. The Morgan fingerprint density at radius 2 is 2.12 bits per heavy atom. The first-order valence-electron chi connectivity index (χ1n) is 7.44. The van der Waals surface area contributed by atoms with Crippen LogP contribution in [-0.2, 0) is 4.79 Å². The second kappa shape index (κ2) is 5.23. The highest BCUT2D eigenvalue weighted by molar-refractivity contribution is 5.85. The lowest BCUT2D eigenvalue weighted by Crippen LogP contribution is -2.22. The number of nitrogens with zero attached hydrogens (tertiary/aromatic N) is 1. The molecule has 24 heavy (non-hydrogen) atoms. The quantitative estimate of drug-likeness (QED) is 0.573. The van der Waals surface area contributed by atoms with Crippen molar-refractivity contribution in [2.75, 3.05) is 7.11 Å². The topological polar surface area (TPSA) is 94.4 Å². The number of aromatic nitrogens is 2. The number of esters is 1. The molecule has 0 saturated carbocycles. The molecule has 0 amide bonds. The highest BCUT2D eigenvalue weighted by atomic mass is 16.5. The van der Waals surface area contributed by atoms with Gasteiger partial charge in [-0.05, 0) is 30.7 Å². The van der Waals surface area contributed by atoms with E-state index in [1.54, 1.807) is 25.3 Å². The van der Waals surface area contributed by atoms with Crippen LogP contribution >= 0.6 is 0 Å². The molecule has 0 spiro atoms. The Hall–Kier alpha value is -3.09. The summed E-state index contributed by atoms with van der Waals surface area (Å²) >= 11 is 0. The fraction of sp³-hybridized carbons (Fsp3) is 0.235. The van der Waals surface area contributed by atoms with Crippen LogP contribution in [0.15, 0.2) is 33.5 Å². The Morgan fingerprint density at radius 3 is 2.92 bits per heavy atom. The minimum Gasteiger partial charge on any atom is -0.497 e. The Balaban J connectivity index is 2.01. The first-order valence-corrected chi connectivity index (χ1v) is 7.44. The predicted molar refractivity (Wildman–Crippen MR) is 84.5 cm³/mol. The van der Waals surface area contributed by atoms with E-state index in [-0.39, 0.29) is 24.2 Å². The standard InChI is InChI=1S/C17H14N2O5/c1-8-16-12(7-15(21)24-17(16)19-18-8)10-6-14(20)23-13-4-3-9(22-2)5-11(10)13/h3-6,12H,7H2,1-2H3,(H,18,19). The zero-order chi connectivity index (χ0) is 16.8. The van der Waals surface area contributed by atoms with Crippen LogP contribution in [0.3, 0.4) is 0 Å². The summed E-state index contributed by atoms with van der Waals surface area (Å²) in [4.78, 5) is 23.9. The number of nitrogens with one attached hydrogen (secondary N) is 1. The fourth-order valence-electron chi connectivity index (χ4n) is 3.17.